The van der Waals surface area contributed by atoms with Gasteiger partial charge in [0, 0.05) is 24.6 Å². The van der Waals surface area contributed by atoms with Crippen LogP contribution in [0.3, 0.4) is 0 Å². The molecule has 0 radical (unpaired) electrons. The molecule has 8 heteroatoms. The van der Waals surface area contributed by atoms with Crippen molar-refractivity contribution in [3.05, 3.63) is 23.8 Å². The number of ether oxygens (including phenoxy) is 2. The summed E-state index contributed by atoms with van der Waals surface area (Å²) in [4.78, 5) is 39.0. The minimum Gasteiger partial charge on any atom is -0.449 e. The highest BCUT2D eigenvalue weighted by atomic mass is 16.5. The second kappa shape index (κ2) is 11.2. The number of carbonyl (C=O) groups is 3. The molecule has 1 spiro atoms. The van der Waals surface area contributed by atoms with Gasteiger partial charge in [-0.25, -0.2) is 4.79 Å². The molecular formula is C28H39N3O5. The second-order valence-corrected chi connectivity index (χ2v) is 11.0. The summed E-state index contributed by atoms with van der Waals surface area (Å²) in [7, 11) is 0. The van der Waals surface area contributed by atoms with E-state index in [1.807, 2.05) is 18.2 Å². The highest BCUT2D eigenvalue weighted by Crippen LogP contribution is 2.45. The molecule has 196 valence electrons. The van der Waals surface area contributed by atoms with Gasteiger partial charge in [0.1, 0.15) is 6.04 Å². The normalized spacial score (nSPS) is 22.9. The van der Waals surface area contributed by atoms with Crippen molar-refractivity contribution < 1.29 is 23.9 Å². The highest BCUT2D eigenvalue weighted by molar-refractivity contribution is 6.07. The number of carbonyl (C=O) groups excluding carboxylic acids is 3. The van der Waals surface area contributed by atoms with Crippen LogP contribution in [0.15, 0.2) is 18.2 Å². The zero-order chi connectivity index (χ0) is 25.0. The van der Waals surface area contributed by atoms with Crippen molar-refractivity contribution in [2.45, 2.75) is 88.5 Å². The average molecular weight is 498 g/mol. The molecular weight excluding hydrogens is 458 g/mol. The van der Waals surface area contributed by atoms with Crippen molar-refractivity contribution in [3.8, 4) is 0 Å². The Bertz CT molecular complexity index is 962. The predicted octanol–water partition coefficient (Wildman–Crippen LogP) is 4.88. The van der Waals surface area contributed by atoms with Crippen LogP contribution >= 0.6 is 0 Å². The lowest BCUT2D eigenvalue weighted by Gasteiger charge is -2.31. The molecule has 5 rings (SSSR count). The van der Waals surface area contributed by atoms with Crippen LogP contribution in [0, 0.1) is 11.8 Å². The molecule has 1 aromatic rings. The molecule has 2 saturated carbocycles. The van der Waals surface area contributed by atoms with Crippen molar-refractivity contribution in [2.24, 2.45) is 11.8 Å². The molecule has 36 heavy (non-hydrogen) atoms. The van der Waals surface area contributed by atoms with Gasteiger partial charge < -0.3 is 25.4 Å². The molecule has 2 aliphatic heterocycles. The van der Waals surface area contributed by atoms with Crippen molar-refractivity contribution >= 4 is 29.3 Å². The van der Waals surface area contributed by atoms with Crippen molar-refractivity contribution in [2.75, 3.05) is 30.5 Å². The van der Waals surface area contributed by atoms with Gasteiger partial charge in [-0.15, -0.1) is 0 Å². The first kappa shape index (κ1) is 25.1. The number of benzene rings is 1. The molecule has 1 aromatic carbocycles. The smallest absolute Gasteiger partial charge is 0.407 e. The lowest BCUT2D eigenvalue weighted by atomic mass is 9.75. The van der Waals surface area contributed by atoms with Crippen LogP contribution in [0.2, 0.25) is 0 Å². The Hall–Kier alpha value is -2.61. The van der Waals surface area contributed by atoms with Gasteiger partial charge >= 0.3 is 6.09 Å². The Balaban J connectivity index is 1.25. The van der Waals surface area contributed by atoms with Crippen LogP contribution in [0.5, 0.6) is 0 Å². The van der Waals surface area contributed by atoms with Crippen LogP contribution in [0.1, 0.15) is 82.6 Å². The van der Waals surface area contributed by atoms with Gasteiger partial charge in [0.05, 0.1) is 12.0 Å². The van der Waals surface area contributed by atoms with E-state index in [0.29, 0.717) is 44.3 Å². The van der Waals surface area contributed by atoms with Gasteiger partial charge in [-0.2, -0.15) is 0 Å². The third kappa shape index (κ3) is 5.38. The summed E-state index contributed by atoms with van der Waals surface area (Å²) < 4.78 is 11.0. The minimum atomic E-state index is -0.645. The maximum absolute atomic E-state index is 13.4. The number of nitrogens with one attached hydrogen (secondary N) is 3. The quantitative estimate of drug-likeness (QED) is 0.519. The number of fused-ring (bicyclic) bond motifs is 2. The molecule has 2 aliphatic carbocycles. The molecule has 3 fully saturated rings. The highest BCUT2D eigenvalue weighted by Gasteiger charge is 2.47. The maximum Gasteiger partial charge on any atom is 0.407 e. The number of rotatable bonds is 6. The summed E-state index contributed by atoms with van der Waals surface area (Å²) in [6, 6.07) is 4.98. The van der Waals surface area contributed by atoms with E-state index in [-0.39, 0.29) is 17.7 Å². The number of hydrogen-bond donors (Lipinski definition) is 3. The largest absolute Gasteiger partial charge is 0.449 e. The van der Waals surface area contributed by atoms with Gasteiger partial charge in [0.15, 0.2) is 0 Å². The third-order valence-electron chi connectivity index (χ3n) is 8.68. The van der Waals surface area contributed by atoms with Crippen LogP contribution < -0.4 is 16.0 Å². The van der Waals surface area contributed by atoms with Crippen LogP contribution in [0.4, 0.5) is 16.2 Å². The van der Waals surface area contributed by atoms with Gasteiger partial charge in [-0.1, -0.05) is 44.6 Å². The fourth-order valence-electron chi connectivity index (χ4n) is 6.52. The van der Waals surface area contributed by atoms with Crippen molar-refractivity contribution in [3.63, 3.8) is 0 Å². The van der Waals surface area contributed by atoms with E-state index in [1.54, 1.807) is 0 Å². The van der Waals surface area contributed by atoms with E-state index in [2.05, 4.69) is 16.0 Å². The molecule has 0 aromatic heterocycles. The summed E-state index contributed by atoms with van der Waals surface area (Å²) >= 11 is 0. The Morgan fingerprint density at radius 3 is 2.44 bits per heavy atom. The van der Waals surface area contributed by atoms with Gasteiger partial charge in [0.25, 0.3) is 0 Å². The Labute approximate surface area is 213 Å². The third-order valence-corrected chi connectivity index (χ3v) is 8.68. The van der Waals surface area contributed by atoms with Gasteiger partial charge in [0.2, 0.25) is 11.8 Å². The van der Waals surface area contributed by atoms with Crippen LogP contribution in [-0.2, 0) is 24.5 Å². The van der Waals surface area contributed by atoms with Crippen molar-refractivity contribution in [1.29, 1.82) is 0 Å². The van der Waals surface area contributed by atoms with Gasteiger partial charge in [-0.05, 0) is 68.1 Å². The predicted molar refractivity (Wildman–Crippen MR) is 137 cm³/mol. The number of alkyl carbamates (subject to hydrolysis) is 1. The average Bonchev–Trinajstić information content (AvgIpc) is 3.17. The summed E-state index contributed by atoms with van der Waals surface area (Å²) in [5.74, 6) is 0.279. The van der Waals surface area contributed by atoms with Gasteiger partial charge in [-0.3, -0.25) is 9.59 Å². The van der Waals surface area contributed by atoms with Crippen LogP contribution in [0.25, 0.3) is 0 Å². The molecule has 8 nitrogen and oxygen atoms in total. The number of anilines is 2. The first-order chi connectivity index (χ1) is 17.5. The van der Waals surface area contributed by atoms with Crippen molar-refractivity contribution in [1.82, 2.24) is 5.32 Å². The summed E-state index contributed by atoms with van der Waals surface area (Å²) in [6.07, 6.45) is 11.8. The lowest BCUT2D eigenvalue weighted by molar-refractivity contribution is -0.124. The minimum absolute atomic E-state index is 0.00624. The Morgan fingerprint density at radius 2 is 1.72 bits per heavy atom. The molecule has 4 aliphatic rings. The first-order valence-corrected chi connectivity index (χ1v) is 13.8. The molecule has 0 unspecified atom stereocenters. The Kier molecular flexibility index (Phi) is 7.79. The Morgan fingerprint density at radius 1 is 1.03 bits per heavy atom. The van der Waals surface area contributed by atoms with E-state index in [4.69, 9.17) is 9.47 Å². The van der Waals surface area contributed by atoms with Crippen LogP contribution in [-0.4, -0.2) is 43.8 Å². The summed E-state index contributed by atoms with van der Waals surface area (Å²) in [5, 5.41) is 8.91. The lowest BCUT2D eigenvalue weighted by Crippen LogP contribution is -2.49. The molecule has 1 saturated heterocycles. The van der Waals surface area contributed by atoms with E-state index in [0.717, 1.165) is 56.2 Å². The summed E-state index contributed by atoms with van der Waals surface area (Å²) in [5.41, 5.74) is 1.79. The molecule has 0 bridgehead atoms. The fourth-order valence-corrected chi connectivity index (χ4v) is 6.52. The molecule has 1 atom stereocenters. The summed E-state index contributed by atoms with van der Waals surface area (Å²) in [6.45, 7) is 1.55. The van der Waals surface area contributed by atoms with E-state index >= 15 is 0 Å². The topological polar surface area (TPSA) is 106 Å². The maximum atomic E-state index is 13.4. The SMILES string of the molecule is O=C(N[C@H](C(=O)Nc1ccc2c(c1)NC(=O)C21CCOCC1)C1CCCCC1)OCC1CCCCC1. The number of hydrogen-bond acceptors (Lipinski definition) is 5. The monoisotopic (exact) mass is 497 g/mol. The molecule has 3 amide bonds. The standard InChI is InChI=1S/C28H39N3O5/c32-25(29-21-11-12-22-23(17-21)30-26(33)28(22)13-15-35-16-14-28)24(20-9-5-2-6-10-20)31-27(34)36-18-19-7-3-1-4-8-19/h11-12,17,19-20,24H,1-10,13-16,18H2,(H,29,32)(H,30,33)(H,31,34)/t24-/m0/s1. The molecule has 2 heterocycles. The number of amides is 3. The first-order valence-electron chi connectivity index (χ1n) is 13.8. The van der Waals surface area contributed by atoms with E-state index in [1.165, 1.54) is 19.3 Å². The zero-order valence-electron chi connectivity index (χ0n) is 21.1. The fraction of sp³-hybridized carbons (Fsp3) is 0.679. The van der Waals surface area contributed by atoms with E-state index in [9.17, 15) is 14.4 Å². The molecule has 3 N–H and O–H groups in total. The zero-order valence-corrected chi connectivity index (χ0v) is 21.1. The van der Waals surface area contributed by atoms with E-state index < -0.39 is 17.6 Å². The second-order valence-electron chi connectivity index (χ2n) is 11.0.